The molecule has 1 unspecified atom stereocenters. The van der Waals surface area contributed by atoms with Gasteiger partial charge in [0.15, 0.2) is 0 Å². The number of carbonyl (C=O) groups excluding carboxylic acids is 2. The van der Waals surface area contributed by atoms with Gasteiger partial charge in [-0.05, 0) is 13.3 Å². The molecule has 1 N–H and O–H groups in total. The molecule has 2 atom stereocenters. The standard InChI is InChI=1S/C12H21N3O2.ClH/c1-9-7-13-4-6-15(9)12(17)11-3-5-14(8-11)10(2)16;/h9,11,13H,3-8H2,1-2H3;1H/t9-,11?;/m1./s1. The minimum Gasteiger partial charge on any atom is -0.342 e. The Labute approximate surface area is 114 Å². The lowest BCUT2D eigenvalue weighted by molar-refractivity contribution is -0.138. The fourth-order valence-electron chi connectivity index (χ4n) is 2.65. The Hall–Kier alpha value is -0.810. The number of carbonyl (C=O) groups is 2. The first kappa shape index (κ1) is 15.2. The molecule has 2 rings (SSSR count). The van der Waals surface area contributed by atoms with E-state index in [0.29, 0.717) is 6.54 Å². The van der Waals surface area contributed by atoms with Gasteiger partial charge in [0.05, 0.1) is 5.92 Å². The largest absolute Gasteiger partial charge is 0.342 e. The van der Waals surface area contributed by atoms with Crippen molar-refractivity contribution in [1.29, 1.82) is 0 Å². The Morgan fingerprint density at radius 1 is 1.28 bits per heavy atom. The van der Waals surface area contributed by atoms with Gasteiger partial charge in [-0.1, -0.05) is 0 Å². The topological polar surface area (TPSA) is 52.7 Å². The molecule has 2 fully saturated rings. The van der Waals surface area contributed by atoms with E-state index < -0.39 is 0 Å². The van der Waals surface area contributed by atoms with Gasteiger partial charge in [0, 0.05) is 45.7 Å². The molecule has 2 aliphatic heterocycles. The van der Waals surface area contributed by atoms with Crippen molar-refractivity contribution in [3.63, 3.8) is 0 Å². The molecule has 0 bridgehead atoms. The van der Waals surface area contributed by atoms with Gasteiger partial charge in [0.2, 0.25) is 11.8 Å². The van der Waals surface area contributed by atoms with Gasteiger partial charge in [0.25, 0.3) is 0 Å². The number of amides is 2. The molecule has 2 saturated heterocycles. The van der Waals surface area contributed by atoms with Crippen molar-refractivity contribution in [2.24, 2.45) is 5.92 Å². The van der Waals surface area contributed by atoms with Crippen molar-refractivity contribution in [2.75, 3.05) is 32.7 Å². The monoisotopic (exact) mass is 275 g/mol. The maximum absolute atomic E-state index is 12.3. The van der Waals surface area contributed by atoms with Crippen LogP contribution in [0.25, 0.3) is 0 Å². The van der Waals surface area contributed by atoms with Crippen LogP contribution in [0.5, 0.6) is 0 Å². The van der Waals surface area contributed by atoms with Crippen LogP contribution in [-0.4, -0.2) is 60.4 Å². The van der Waals surface area contributed by atoms with Crippen LogP contribution >= 0.6 is 12.4 Å². The summed E-state index contributed by atoms with van der Waals surface area (Å²) in [6, 6.07) is 0.266. The van der Waals surface area contributed by atoms with E-state index in [1.54, 1.807) is 11.8 Å². The molecule has 0 aromatic rings. The molecular formula is C12H22ClN3O2. The van der Waals surface area contributed by atoms with Crippen LogP contribution in [0.15, 0.2) is 0 Å². The van der Waals surface area contributed by atoms with Crippen LogP contribution in [0.1, 0.15) is 20.3 Å². The molecule has 0 aromatic carbocycles. The zero-order valence-corrected chi connectivity index (χ0v) is 11.8. The minimum absolute atomic E-state index is 0. The van der Waals surface area contributed by atoms with Gasteiger partial charge >= 0.3 is 0 Å². The Morgan fingerprint density at radius 2 is 2.00 bits per heavy atom. The molecular weight excluding hydrogens is 254 g/mol. The highest BCUT2D eigenvalue weighted by molar-refractivity contribution is 5.85. The van der Waals surface area contributed by atoms with Crippen molar-refractivity contribution >= 4 is 24.2 Å². The van der Waals surface area contributed by atoms with E-state index in [9.17, 15) is 9.59 Å². The van der Waals surface area contributed by atoms with E-state index in [1.165, 1.54) is 0 Å². The molecule has 5 nitrogen and oxygen atoms in total. The number of likely N-dealkylation sites (tertiary alicyclic amines) is 1. The van der Waals surface area contributed by atoms with Crippen molar-refractivity contribution in [1.82, 2.24) is 15.1 Å². The highest BCUT2D eigenvalue weighted by Crippen LogP contribution is 2.20. The summed E-state index contributed by atoms with van der Waals surface area (Å²) in [5, 5.41) is 3.28. The summed E-state index contributed by atoms with van der Waals surface area (Å²) in [4.78, 5) is 27.3. The highest BCUT2D eigenvalue weighted by atomic mass is 35.5. The summed E-state index contributed by atoms with van der Waals surface area (Å²) in [5.74, 6) is 0.316. The smallest absolute Gasteiger partial charge is 0.227 e. The van der Waals surface area contributed by atoms with Crippen molar-refractivity contribution < 1.29 is 9.59 Å². The molecule has 104 valence electrons. The third-order valence-electron chi connectivity index (χ3n) is 3.77. The molecule has 0 radical (unpaired) electrons. The fraction of sp³-hybridized carbons (Fsp3) is 0.833. The molecule has 2 amide bonds. The molecule has 0 spiro atoms. The average Bonchev–Trinajstić information content (AvgIpc) is 2.78. The summed E-state index contributed by atoms with van der Waals surface area (Å²) >= 11 is 0. The average molecular weight is 276 g/mol. The zero-order valence-electron chi connectivity index (χ0n) is 11.0. The lowest BCUT2D eigenvalue weighted by Gasteiger charge is -2.35. The van der Waals surface area contributed by atoms with Crippen LogP contribution in [0.2, 0.25) is 0 Å². The molecule has 6 heteroatoms. The van der Waals surface area contributed by atoms with Crippen LogP contribution in [0, 0.1) is 5.92 Å². The first-order valence-corrected chi connectivity index (χ1v) is 6.36. The lowest BCUT2D eigenvalue weighted by Crippen LogP contribution is -2.54. The van der Waals surface area contributed by atoms with Crippen LogP contribution in [-0.2, 0) is 9.59 Å². The Kier molecular flexibility index (Phi) is 5.41. The third kappa shape index (κ3) is 3.14. The summed E-state index contributed by atoms with van der Waals surface area (Å²) < 4.78 is 0. The normalized spacial score (nSPS) is 27.9. The fourth-order valence-corrected chi connectivity index (χ4v) is 2.65. The number of nitrogens with one attached hydrogen (secondary N) is 1. The summed E-state index contributed by atoms with van der Waals surface area (Å²) in [7, 11) is 0. The number of rotatable bonds is 1. The van der Waals surface area contributed by atoms with Gasteiger partial charge in [-0.2, -0.15) is 0 Å². The molecule has 0 aliphatic carbocycles. The van der Waals surface area contributed by atoms with Gasteiger partial charge in [0.1, 0.15) is 0 Å². The van der Waals surface area contributed by atoms with Crippen molar-refractivity contribution in [3.05, 3.63) is 0 Å². The zero-order chi connectivity index (χ0) is 12.4. The van der Waals surface area contributed by atoms with E-state index >= 15 is 0 Å². The van der Waals surface area contributed by atoms with Crippen molar-refractivity contribution in [3.8, 4) is 0 Å². The number of halogens is 1. The van der Waals surface area contributed by atoms with Crippen LogP contribution in [0.4, 0.5) is 0 Å². The second kappa shape index (κ2) is 6.38. The van der Waals surface area contributed by atoms with Gasteiger partial charge in [-0.3, -0.25) is 9.59 Å². The van der Waals surface area contributed by atoms with Gasteiger partial charge in [-0.25, -0.2) is 0 Å². The first-order valence-electron chi connectivity index (χ1n) is 6.36. The minimum atomic E-state index is 0. The number of nitrogens with zero attached hydrogens (tertiary/aromatic N) is 2. The summed E-state index contributed by atoms with van der Waals surface area (Å²) in [5.41, 5.74) is 0. The number of hydrogen-bond acceptors (Lipinski definition) is 3. The number of piperazine rings is 1. The second-order valence-corrected chi connectivity index (χ2v) is 5.04. The van der Waals surface area contributed by atoms with E-state index in [2.05, 4.69) is 12.2 Å². The molecule has 2 heterocycles. The van der Waals surface area contributed by atoms with Gasteiger partial charge < -0.3 is 15.1 Å². The quantitative estimate of drug-likeness (QED) is 0.738. The maximum atomic E-state index is 12.3. The van der Waals surface area contributed by atoms with E-state index in [4.69, 9.17) is 0 Å². The molecule has 2 aliphatic rings. The molecule has 0 saturated carbocycles. The second-order valence-electron chi connectivity index (χ2n) is 5.04. The van der Waals surface area contributed by atoms with E-state index in [1.807, 2.05) is 4.90 Å². The lowest BCUT2D eigenvalue weighted by atomic mass is 10.1. The Balaban J connectivity index is 0.00000162. The van der Waals surface area contributed by atoms with E-state index in [0.717, 1.165) is 32.6 Å². The maximum Gasteiger partial charge on any atom is 0.227 e. The SMILES string of the molecule is CC(=O)N1CCC(C(=O)N2CCNC[C@H]2C)C1.Cl. The first-order chi connectivity index (χ1) is 8.09. The predicted molar refractivity (Wildman–Crippen MR) is 71.7 cm³/mol. The number of hydrogen-bond donors (Lipinski definition) is 1. The van der Waals surface area contributed by atoms with Crippen LogP contribution in [0.3, 0.4) is 0 Å². The van der Waals surface area contributed by atoms with Gasteiger partial charge in [-0.15, -0.1) is 12.4 Å². The predicted octanol–water partition coefficient (Wildman–Crippen LogP) is 0.0969. The Bertz CT molecular complexity index is 324. The Morgan fingerprint density at radius 3 is 2.56 bits per heavy atom. The summed E-state index contributed by atoms with van der Waals surface area (Å²) in [6.07, 6.45) is 0.815. The van der Waals surface area contributed by atoms with Crippen LogP contribution < -0.4 is 5.32 Å². The summed E-state index contributed by atoms with van der Waals surface area (Å²) in [6.45, 7) is 7.50. The molecule has 18 heavy (non-hydrogen) atoms. The van der Waals surface area contributed by atoms with Crippen molar-refractivity contribution in [2.45, 2.75) is 26.3 Å². The molecule has 0 aromatic heterocycles. The highest BCUT2D eigenvalue weighted by Gasteiger charge is 2.34. The van der Waals surface area contributed by atoms with E-state index in [-0.39, 0.29) is 36.2 Å². The third-order valence-corrected chi connectivity index (χ3v) is 3.77.